The van der Waals surface area contributed by atoms with E-state index in [0.717, 1.165) is 31.2 Å². The lowest BCUT2D eigenvalue weighted by atomic mass is 10.1. The molecule has 1 saturated heterocycles. The van der Waals surface area contributed by atoms with E-state index in [1.807, 2.05) is 18.2 Å². The molecular formula is C11H11Cl2N3. The second-order valence-corrected chi connectivity index (χ2v) is 4.80. The monoisotopic (exact) mass is 255 g/mol. The van der Waals surface area contributed by atoms with Crippen molar-refractivity contribution in [1.82, 2.24) is 10.2 Å². The smallest absolute Gasteiger partial charge is 0.194 e. The molecule has 2 aliphatic rings. The Morgan fingerprint density at radius 2 is 2.06 bits per heavy atom. The van der Waals surface area contributed by atoms with Gasteiger partial charge in [0.05, 0.1) is 12.6 Å². The van der Waals surface area contributed by atoms with E-state index >= 15 is 0 Å². The number of fused-ring (bicyclic) bond motifs is 1. The number of halogens is 2. The number of benzene rings is 1. The van der Waals surface area contributed by atoms with E-state index in [0.29, 0.717) is 10.0 Å². The fourth-order valence-electron chi connectivity index (χ4n) is 2.23. The summed E-state index contributed by atoms with van der Waals surface area (Å²) in [5, 5.41) is 4.79. The average Bonchev–Trinajstić information content (AvgIpc) is 2.77. The van der Waals surface area contributed by atoms with Gasteiger partial charge >= 0.3 is 0 Å². The molecule has 1 aromatic rings. The third-order valence-electron chi connectivity index (χ3n) is 2.99. The fraction of sp³-hybridized carbons (Fsp3) is 0.364. The van der Waals surface area contributed by atoms with Gasteiger partial charge in [0.2, 0.25) is 0 Å². The minimum absolute atomic E-state index is 0.153. The Kier molecular flexibility index (Phi) is 2.45. The van der Waals surface area contributed by atoms with Gasteiger partial charge in [0.15, 0.2) is 5.96 Å². The van der Waals surface area contributed by atoms with Crippen LogP contribution >= 0.6 is 23.2 Å². The third kappa shape index (κ3) is 1.55. The first kappa shape index (κ1) is 10.2. The summed E-state index contributed by atoms with van der Waals surface area (Å²) in [6.07, 6.45) is 0. The lowest BCUT2D eigenvalue weighted by Crippen LogP contribution is -2.25. The van der Waals surface area contributed by atoms with Crippen molar-refractivity contribution < 1.29 is 0 Å². The molecule has 0 saturated carbocycles. The van der Waals surface area contributed by atoms with E-state index in [1.54, 1.807) is 0 Å². The van der Waals surface area contributed by atoms with Crippen LogP contribution in [0.5, 0.6) is 0 Å². The molecule has 0 bridgehead atoms. The predicted octanol–water partition coefficient (Wildman–Crippen LogP) is 2.31. The first-order valence-corrected chi connectivity index (χ1v) is 6.01. The average molecular weight is 256 g/mol. The van der Waals surface area contributed by atoms with Crippen LogP contribution in [-0.2, 0) is 0 Å². The van der Waals surface area contributed by atoms with Gasteiger partial charge < -0.3 is 10.2 Å². The number of nitrogens with zero attached hydrogens (tertiary/aromatic N) is 2. The topological polar surface area (TPSA) is 27.6 Å². The van der Waals surface area contributed by atoms with Crippen molar-refractivity contribution in [1.29, 1.82) is 0 Å². The van der Waals surface area contributed by atoms with Gasteiger partial charge in [0.1, 0.15) is 0 Å². The Labute approximate surface area is 104 Å². The molecule has 1 N–H and O–H groups in total. The zero-order chi connectivity index (χ0) is 11.1. The minimum atomic E-state index is 0.153. The molecule has 1 atom stereocenters. The Bertz CT molecular complexity index is 438. The normalized spacial score (nSPS) is 23.0. The quantitative estimate of drug-likeness (QED) is 0.834. The highest BCUT2D eigenvalue weighted by molar-refractivity contribution is 6.36. The number of hydrogen-bond acceptors (Lipinski definition) is 3. The summed E-state index contributed by atoms with van der Waals surface area (Å²) in [6, 6.07) is 5.76. The molecule has 2 aliphatic heterocycles. The molecule has 3 nitrogen and oxygen atoms in total. The highest BCUT2D eigenvalue weighted by atomic mass is 35.5. The van der Waals surface area contributed by atoms with Crippen LogP contribution < -0.4 is 5.32 Å². The van der Waals surface area contributed by atoms with Gasteiger partial charge in [-0.05, 0) is 12.1 Å². The van der Waals surface area contributed by atoms with E-state index in [1.165, 1.54) is 0 Å². The highest BCUT2D eigenvalue weighted by Gasteiger charge is 2.32. The summed E-state index contributed by atoms with van der Waals surface area (Å²) in [7, 11) is 0. The maximum absolute atomic E-state index is 6.18. The molecule has 3 rings (SSSR count). The maximum atomic E-state index is 6.18. The molecule has 5 heteroatoms. The molecular weight excluding hydrogens is 245 g/mol. The van der Waals surface area contributed by atoms with Crippen molar-refractivity contribution in [2.24, 2.45) is 4.99 Å². The first-order valence-electron chi connectivity index (χ1n) is 5.25. The van der Waals surface area contributed by atoms with Crippen LogP contribution in [0.3, 0.4) is 0 Å². The largest absolute Gasteiger partial charge is 0.348 e. The molecule has 1 unspecified atom stereocenters. The van der Waals surface area contributed by atoms with Crippen molar-refractivity contribution in [3.05, 3.63) is 33.8 Å². The van der Waals surface area contributed by atoms with E-state index in [9.17, 15) is 0 Å². The van der Waals surface area contributed by atoms with Crippen LogP contribution in [0, 0.1) is 0 Å². The summed E-state index contributed by atoms with van der Waals surface area (Å²) in [6.45, 7) is 2.76. The van der Waals surface area contributed by atoms with Crippen molar-refractivity contribution in [3.8, 4) is 0 Å². The van der Waals surface area contributed by atoms with E-state index in [-0.39, 0.29) is 6.04 Å². The molecule has 16 heavy (non-hydrogen) atoms. The van der Waals surface area contributed by atoms with E-state index in [2.05, 4.69) is 15.2 Å². The van der Waals surface area contributed by atoms with Crippen molar-refractivity contribution in [3.63, 3.8) is 0 Å². The van der Waals surface area contributed by atoms with E-state index in [4.69, 9.17) is 23.2 Å². The molecule has 0 spiro atoms. The van der Waals surface area contributed by atoms with Gasteiger partial charge in [-0.3, -0.25) is 4.99 Å². The molecule has 1 aromatic carbocycles. The van der Waals surface area contributed by atoms with Gasteiger partial charge in [0, 0.05) is 28.7 Å². The molecule has 0 amide bonds. The summed E-state index contributed by atoms with van der Waals surface area (Å²) < 4.78 is 0. The van der Waals surface area contributed by atoms with Crippen LogP contribution in [-0.4, -0.2) is 30.5 Å². The number of guanidine groups is 1. The summed E-state index contributed by atoms with van der Waals surface area (Å²) in [4.78, 5) is 6.60. The van der Waals surface area contributed by atoms with Gasteiger partial charge in [-0.1, -0.05) is 29.3 Å². The standard InChI is InChI=1S/C11H11Cl2N3/c12-7-2-1-3-8(13)10(7)9-6-16-5-4-14-11(16)15-9/h1-3,9H,4-6H2,(H,14,15). The lowest BCUT2D eigenvalue weighted by Gasteiger charge is -2.14. The SMILES string of the molecule is Clc1cccc(Cl)c1C1CN2CCN=C2N1. The number of aliphatic imine (C=N–C) groups is 1. The van der Waals surface area contributed by atoms with Crippen LogP contribution in [0.25, 0.3) is 0 Å². The molecule has 0 radical (unpaired) electrons. The van der Waals surface area contributed by atoms with Gasteiger partial charge in [-0.25, -0.2) is 0 Å². The first-order chi connectivity index (χ1) is 7.75. The molecule has 0 aromatic heterocycles. The second kappa shape index (κ2) is 3.82. The minimum Gasteiger partial charge on any atom is -0.348 e. The fourth-order valence-corrected chi connectivity index (χ4v) is 2.89. The van der Waals surface area contributed by atoms with Gasteiger partial charge in [-0.15, -0.1) is 0 Å². The Hall–Kier alpha value is -0.930. The lowest BCUT2D eigenvalue weighted by molar-refractivity contribution is 0.465. The zero-order valence-corrected chi connectivity index (χ0v) is 10.1. The van der Waals surface area contributed by atoms with Gasteiger partial charge in [-0.2, -0.15) is 0 Å². The van der Waals surface area contributed by atoms with Crippen LogP contribution in [0.1, 0.15) is 11.6 Å². The van der Waals surface area contributed by atoms with Crippen LogP contribution in [0.15, 0.2) is 23.2 Å². The van der Waals surface area contributed by atoms with E-state index < -0.39 is 0 Å². The number of nitrogens with one attached hydrogen (secondary N) is 1. The van der Waals surface area contributed by atoms with Crippen molar-refractivity contribution in [2.75, 3.05) is 19.6 Å². The molecule has 0 aliphatic carbocycles. The Morgan fingerprint density at radius 3 is 2.75 bits per heavy atom. The van der Waals surface area contributed by atoms with Crippen LogP contribution in [0.2, 0.25) is 10.0 Å². The Morgan fingerprint density at radius 1 is 1.31 bits per heavy atom. The Balaban J connectivity index is 1.94. The predicted molar refractivity (Wildman–Crippen MR) is 66.2 cm³/mol. The van der Waals surface area contributed by atoms with Crippen LogP contribution in [0.4, 0.5) is 0 Å². The maximum Gasteiger partial charge on any atom is 0.194 e. The summed E-state index contributed by atoms with van der Waals surface area (Å²) in [5.41, 5.74) is 0.975. The molecule has 1 fully saturated rings. The highest BCUT2D eigenvalue weighted by Crippen LogP contribution is 2.33. The van der Waals surface area contributed by atoms with Crippen molar-refractivity contribution >= 4 is 29.2 Å². The summed E-state index contributed by atoms with van der Waals surface area (Å²) >= 11 is 12.4. The molecule has 2 heterocycles. The number of hydrogen-bond donors (Lipinski definition) is 1. The third-order valence-corrected chi connectivity index (χ3v) is 3.64. The second-order valence-electron chi connectivity index (χ2n) is 3.98. The zero-order valence-electron chi connectivity index (χ0n) is 8.58. The molecule has 84 valence electrons. The summed E-state index contributed by atoms with van der Waals surface area (Å²) in [5.74, 6) is 0.973. The number of rotatable bonds is 1. The van der Waals surface area contributed by atoms with Gasteiger partial charge in [0.25, 0.3) is 0 Å². The van der Waals surface area contributed by atoms with Crippen molar-refractivity contribution in [2.45, 2.75) is 6.04 Å².